The molecular formula is C27H19ClFN3O3. The summed E-state index contributed by atoms with van der Waals surface area (Å²) in [6.45, 7) is 0.287. The first-order chi connectivity index (χ1) is 16.9. The van der Waals surface area contributed by atoms with Crippen LogP contribution in [0.5, 0.6) is 5.75 Å². The van der Waals surface area contributed by atoms with Crippen molar-refractivity contribution in [3.63, 3.8) is 0 Å². The molecule has 0 radical (unpaired) electrons. The van der Waals surface area contributed by atoms with Crippen molar-refractivity contribution in [1.29, 1.82) is 0 Å². The zero-order valence-electron chi connectivity index (χ0n) is 18.5. The third-order valence-electron chi connectivity index (χ3n) is 5.71. The average molecular weight is 488 g/mol. The van der Waals surface area contributed by atoms with Crippen molar-refractivity contribution in [2.45, 2.75) is 6.54 Å². The third-order valence-corrected chi connectivity index (χ3v) is 5.95. The minimum Gasteiger partial charge on any atom is -0.496 e. The molecule has 0 atom stereocenters. The van der Waals surface area contributed by atoms with E-state index in [4.69, 9.17) is 31.4 Å². The second kappa shape index (κ2) is 9.19. The summed E-state index contributed by atoms with van der Waals surface area (Å²) in [5, 5.41) is 12.8. The monoisotopic (exact) mass is 487 g/mol. The number of carboxylic acids is 1. The highest BCUT2D eigenvalue weighted by Gasteiger charge is 2.25. The summed E-state index contributed by atoms with van der Waals surface area (Å²) in [6, 6.07) is 20.2. The fraction of sp³-hybridized carbons (Fsp3) is 0.0741. The maximum absolute atomic E-state index is 15.0. The van der Waals surface area contributed by atoms with E-state index in [1.54, 1.807) is 36.4 Å². The van der Waals surface area contributed by atoms with Crippen molar-refractivity contribution in [1.82, 2.24) is 4.98 Å². The Labute approximate surface area is 205 Å². The Morgan fingerprint density at radius 1 is 1.06 bits per heavy atom. The summed E-state index contributed by atoms with van der Waals surface area (Å²) in [5.41, 5.74) is 4.57. The number of aromatic nitrogens is 1. The zero-order chi connectivity index (χ0) is 24.5. The highest BCUT2D eigenvalue weighted by atomic mass is 35.5. The van der Waals surface area contributed by atoms with Gasteiger partial charge in [0, 0.05) is 27.4 Å². The van der Waals surface area contributed by atoms with Gasteiger partial charge in [-0.3, -0.25) is 4.99 Å². The highest BCUT2D eigenvalue weighted by Crippen LogP contribution is 2.36. The molecule has 0 saturated heterocycles. The molecule has 35 heavy (non-hydrogen) atoms. The minimum atomic E-state index is -0.989. The average Bonchev–Trinajstić information content (AvgIpc) is 3.00. The smallest absolute Gasteiger partial charge is 0.335 e. The molecule has 0 amide bonds. The van der Waals surface area contributed by atoms with Gasteiger partial charge in [0.1, 0.15) is 17.4 Å². The van der Waals surface area contributed by atoms with Gasteiger partial charge < -0.3 is 15.2 Å². The van der Waals surface area contributed by atoms with E-state index in [-0.39, 0.29) is 17.7 Å². The Morgan fingerprint density at radius 2 is 1.86 bits per heavy atom. The van der Waals surface area contributed by atoms with Crippen LogP contribution in [0, 0.1) is 5.82 Å². The first-order valence-electron chi connectivity index (χ1n) is 10.7. The number of hydrogen-bond acceptors (Lipinski definition) is 5. The Bertz CT molecular complexity index is 1490. The van der Waals surface area contributed by atoms with Crippen LogP contribution in [0.25, 0.3) is 11.3 Å². The van der Waals surface area contributed by atoms with Crippen molar-refractivity contribution in [3.8, 4) is 17.0 Å². The predicted octanol–water partition coefficient (Wildman–Crippen LogP) is 6.34. The van der Waals surface area contributed by atoms with Crippen molar-refractivity contribution in [2.24, 2.45) is 4.99 Å². The maximum atomic E-state index is 15.0. The number of aromatic carboxylic acids is 1. The number of pyridine rings is 1. The summed E-state index contributed by atoms with van der Waals surface area (Å²) in [6.07, 6.45) is 0. The number of halogens is 2. The van der Waals surface area contributed by atoms with Crippen LogP contribution >= 0.6 is 11.6 Å². The summed E-state index contributed by atoms with van der Waals surface area (Å²) in [5.74, 6) is -0.488. The maximum Gasteiger partial charge on any atom is 0.335 e. The van der Waals surface area contributed by atoms with E-state index in [9.17, 15) is 4.79 Å². The van der Waals surface area contributed by atoms with Crippen molar-refractivity contribution >= 4 is 34.8 Å². The number of anilines is 2. The van der Waals surface area contributed by atoms with E-state index < -0.39 is 11.8 Å². The molecule has 2 heterocycles. The highest BCUT2D eigenvalue weighted by molar-refractivity contribution is 6.31. The van der Waals surface area contributed by atoms with Crippen LogP contribution in [-0.4, -0.2) is 28.9 Å². The van der Waals surface area contributed by atoms with E-state index in [0.29, 0.717) is 39.2 Å². The quantitative estimate of drug-likeness (QED) is 0.343. The number of carbonyl (C=O) groups is 1. The van der Waals surface area contributed by atoms with Crippen molar-refractivity contribution in [2.75, 3.05) is 12.4 Å². The lowest BCUT2D eigenvalue weighted by Gasteiger charge is -2.15. The molecule has 1 aromatic heterocycles. The second-order valence-electron chi connectivity index (χ2n) is 7.88. The molecule has 0 bridgehead atoms. The largest absolute Gasteiger partial charge is 0.496 e. The van der Waals surface area contributed by atoms with Crippen molar-refractivity contribution in [3.05, 3.63) is 106 Å². The first kappa shape index (κ1) is 22.6. The Morgan fingerprint density at radius 3 is 2.60 bits per heavy atom. The Kier molecular flexibility index (Phi) is 5.93. The summed E-state index contributed by atoms with van der Waals surface area (Å²) in [4.78, 5) is 20.7. The molecule has 174 valence electrons. The van der Waals surface area contributed by atoms with Crippen LogP contribution in [0.15, 0.2) is 77.8 Å². The standard InChI is InChI=1S/C27H19ClFN3O3/c1-35-22-4-2-3-21(29)24(22)26-20-13-17(28)8-11-19(20)25-16(14-30-26)7-12-23(32-25)31-18-9-5-15(6-10-18)27(33)34/h2-13H,14H2,1H3,(H,31,32)(H,33,34). The molecule has 0 aliphatic carbocycles. The van der Waals surface area contributed by atoms with Gasteiger partial charge in [0.25, 0.3) is 0 Å². The van der Waals surface area contributed by atoms with Crippen LogP contribution < -0.4 is 10.1 Å². The van der Waals surface area contributed by atoms with E-state index in [1.807, 2.05) is 18.2 Å². The molecule has 0 fully saturated rings. The summed E-state index contributed by atoms with van der Waals surface area (Å²) >= 11 is 6.34. The predicted molar refractivity (Wildman–Crippen MR) is 134 cm³/mol. The number of methoxy groups -OCH3 is 1. The van der Waals surface area contributed by atoms with Gasteiger partial charge in [0.15, 0.2) is 0 Å². The zero-order valence-corrected chi connectivity index (χ0v) is 19.3. The number of ether oxygens (including phenoxy) is 1. The summed E-state index contributed by atoms with van der Waals surface area (Å²) < 4.78 is 20.4. The van der Waals surface area contributed by atoms with Gasteiger partial charge in [0.2, 0.25) is 0 Å². The number of aliphatic imine (C=N–C) groups is 1. The molecular weight excluding hydrogens is 469 g/mol. The van der Waals surface area contributed by atoms with E-state index >= 15 is 4.39 Å². The number of hydrogen-bond donors (Lipinski definition) is 2. The van der Waals surface area contributed by atoms with Crippen molar-refractivity contribution < 1.29 is 19.0 Å². The van der Waals surface area contributed by atoms with Crippen LogP contribution in [0.2, 0.25) is 5.02 Å². The molecule has 6 nitrogen and oxygen atoms in total. The van der Waals surface area contributed by atoms with Gasteiger partial charge in [0.05, 0.1) is 36.2 Å². The molecule has 1 aliphatic heterocycles. The third kappa shape index (κ3) is 4.34. The Balaban J connectivity index is 1.60. The van der Waals surface area contributed by atoms with Crippen LogP contribution in [0.3, 0.4) is 0 Å². The van der Waals surface area contributed by atoms with E-state index in [0.717, 1.165) is 11.1 Å². The molecule has 4 aromatic rings. The molecule has 1 aliphatic rings. The molecule has 0 unspecified atom stereocenters. The lowest BCUT2D eigenvalue weighted by Crippen LogP contribution is -2.09. The number of nitrogens with zero attached hydrogens (tertiary/aromatic N) is 2. The van der Waals surface area contributed by atoms with Gasteiger partial charge in [-0.15, -0.1) is 0 Å². The van der Waals surface area contributed by atoms with Crippen LogP contribution in [0.1, 0.15) is 27.0 Å². The molecule has 3 aromatic carbocycles. The van der Waals surface area contributed by atoms with Gasteiger partial charge >= 0.3 is 5.97 Å². The minimum absolute atomic E-state index is 0.199. The van der Waals surface area contributed by atoms with Gasteiger partial charge in [-0.05, 0) is 54.6 Å². The fourth-order valence-corrected chi connectivity index (χ4v) is 4.22. The van der Waals surface area contributed by atoms with E-state index in [1.165, 1.54) is 25.3 Å². The number of carboxylic acid groups (broad SMARTS) is 1. The van der Waals surface area contributed by atoms with Crippen LogP contribution in [0.4, 0.5) is 15.9 Å². The SMILES string of the molecule is COc1cccc(F)c1C1=NCc2ccc(Nc3ccc(C(=O)O)cc3)nc2-c2ccc(Cl)cc21. The molecule has 0 saturated carbocycles. The Hall–Kier alpha value is -4.23. The normalized spacial score (nSPS) is 12.1. The van der Waals surface area contributed by atoms with Gasteiger partial charge in [-0.25, -0.2) is 14.2 Å². The second-order valence-corrected chi connectivity index (χ2v) is 8.32. The first-order valence-corrected chi connectivity index (χ1v) is 11.1. The molecule has 8 heteroatoms. The van der Waals surface area contributed by atoms with Crippen LogP contribution in [-0.2, 0) is 6.54 Å². The summed E-state index contributed by atoms with van der Waals surface area (Å²) in [7, 11) is 1.49. The number of fused-ring (bicyclic) bond motifs is 3. The lowest BCUT2D eigenvalue weighted by atomic mass is 9.94. The number of nitrogens with one attached hydrogen (secondary N) is 1. The van der Waals surface area contributed by atoms with E-state index in [2.05, 4.69) is 5.32 Å². The fourth-order valence-electron chi connectivity index (χ4n) is 4.05. The lowest BCUT2D eigenvalue weighted by molar-refractivity contribution is 0.0697. The number of benzene rings is 3. The number of rotatable bonds is 5. The molecule has 5 rings (SSSR count). The van der Waals surface area contributed by atoms with Gasteiger partial charge in [-0.1, -0.05) is 29.8 Å². The topological polar surface area (TPSA) is 83.8 Å². The van der Waals surface area contributed by atoms with Gasteiger partial charge in [-0.2, -0.15) is 0 Å². The molecule has 2 N–H and O–H groups in total. The molecule has 0 spiro atoms.